The van der Waals surface area contributed by atoms with E-state index < -0.39 is 0 Å². The van der Waals surface area contributed by atoms with Crippen LogP contribution in [0.2, 0.25) is 0 Å². The molecule has 0 N–H and O–H groups in total. The van der Waals surface area contributed by atoms with Crippen LogP contribution in [0.25, 0.3) is 40.1 Å². The third kappa shape index (κ3) is 13.9. The highest BCUT2D eigenvalue weighted by Gasteiger charge is 2.16. The molecule has 0 aliphatic heterocycles. The Morgan fingerprint density at radius 1 is 0.294 bits per heavy atom. The Kier molecular flexibility index (Phi) is 17.7. The van der Waals surface area contributed by atoms with Crippen molar-refractivity contribution in [3.63, 3.8) is 0 Å². The van der Waals surface area contributed by atoms with Gasteiger partial charge < -0.3 is 0 Å². The second kappa shape index (κ2) is 25.8. The van der Waals surface area contributed by atoms with E-state index in [1.165, 1.54) is 97.0 Å². The van der Waals surface area contributed by atoms with Gasteiger partial charge in [0.25, 0.3) is 0 Å². The summed E-state index contributed by atoms with van der Waals surface area (Å²) in [5.74, 6) is 0. The predicted molar refractivity (Wildman–Crippen MR) is 295 cm³/mol. The van der Waals surface area contributed by atoms with Gasteiger partial charge in [-0.15, -0.1) is 0 Å². The van der Waals surface area contributed by atoms with Gasteiger partial charge in [-0.2, -0.15) is 0 Å². The molecule has 0 heterocycles. The second-order valence-electron chi connectivity index (χ2n) is 17.2. The summed E-state index contributed by atoms with van der Waals surface area (Å²) in [6.45, 7) is 0. The van der Waals surface area contributed by atoms with Crippen LogP contribution >= 0.6 is 0 Å². The summed E-state index contributed by atoms with van der Waals surface area (Å²) < 4.78 is 0. The van der Waals surface area contributed by atoms with Crippen molar-refractivity contribution in [2.75, 3.05) is 0 Å². The Labute approximate surface area is 405 Å². The SMILES string of the molecule is C1=CC2=C(C1)CC=C2.C1=CC2=C(C=CC2)C1.C1=CCC=C1.C1=Cc2ccccc2C1.C1=c2ccccc2=CC1.c1ccc2c(c1)Cc1ccccc1-2.c1ccc2ccccc2c1.c1ccccc1. The minimum Gasteiger partial charge on any atom is -0.0808 e. The maximum absolute atomic E-state index is 2.25. The minimum atomic E-state index is 1.10. The van der Waals surface area contributed by atoms with E-state index >= 15 is 0 Å². The molecule has 0 saturated heterocycles. The van der Waals surface area contributed by atoms with Crippen molar-refractivity contribution in [2.45, 2.75) is 51.4 Å². The Balaban J connectivity index is 0.000000106. The van der Waals surface area contributed by atoms with Crippen molar-refractivity contribution in [2.24, 2.45) is 0 Å². The van der Waals surface area contributed by atoms with Crippen LogP contribution in [0.5, 0.6) is 0 Å². The van der Waals surface area contributed by atoms with Crippen molar-refractivity contribution in [1.82, 2.24) is 0 Å². The van der Waals surface area contributed by atoms with E-state index in [1.807, 2.05) is 36.4 Å². The predicted octanol–water partition coefficient (Wildman–Crippen LogP) is 16.6. The van der Waals surface area contributed by atoms with Gasteiger partial charge in [-0.1, -0.05) is 285 Å². The molecule has 334 valence electrons. The fraction of sp³-hybridized carbons (Fsp3) is 0.118. The number of fused-ring (bicyclic) bond motifs is 6. The highest BCUT2D eigenvalue weighted by Crippen LogP contribution is 2.35. The van der Waals surface area contributed by atoms with Gasteiger partial charge in [-0.25, -0.2) is 0 Å². The molecule has 7 aromatic carbocycles. The van der Waals surface area contributed by atoms with Crippen LogP contribution in [0, 0.1) is 0 Å². The largest absolute Gasteiger partial charge is 0.0808 e. The van der Waals surface area contributed by atoms with Gasteiger partial charge >= 0.3 is 0 Å². The topological polar surface area (TPSA) is 0 Å². The van der Waals surface area contributed by atoms with Crippen molar-refractivity contribution >= 4 is 29.0 Å². The van der Waals surface area contributed by atoms with Crippen molar-refractivity contribution in [1.29, 1.82) is 0 Å². The number of rotatable bonds is 0. The third-order valence-corrected chi connectivity index (χ3v) is 12.5. The monoisotopic (exact) mass is 878 g/mol. The van der Waals surface area contributed by atoms with E-state index in [1.54, 1.807) is 5.57 Å². The van der Waals surface area contributed by atoms with E-state index in [9.17, 15) is 0 Å². The molecule has 0 unspecified atom stereocenters. The van der Waals surface area contributed by atoms with E-state index in [0.29, 0.717) is 0 Å². The van der Waals surface area contributed by atoms with Crippen LogP contribution in [0.1, 0.15) is 60.8 Å². The molecule has 15 rings (SSSR count). The molecule has 0 nitrogen and oxygen atoms in total. The quantitative estimate of drug-likeness (QED) is 0.142. The first kappa shape index (κ1) is 46.7. The van der Waals surface area contributed by atoms with E-state index in [-0.39, 0.29) is 0 Å². The van der Waals surface area contributed by atoms with Crippen LogP contribution in [0.3, 0.4) is 0 Å². The first-order chi connectivity index (χ1) is 33.8. The number of allylic oxidation sites excluding steroid dienone is 17. The fourth-order valence-corrected chi connectivity index (χ4v) is 8.92. The summed E-state index contributed by atoms with van der Waals surface area (Å²) in [6, 6.07) is 63.0. The van der Waals surface area contributed by atoms with Crippen molar-refractivity contribution < 1.29 is 0 Å². The normalized spacial score (nSPS) is 14.9. The maximum atomic E-state index is 2.25. The molecule has 8 aliphatic rings. The summed E-state index contributed by atoms with van der Waals surface area (Å²) in [4.78, 5) is 0. The molecule has 0 spiro atoms. The first-order valence-corrected chi connectivity index (χ1v) is 24.3. The van der Waals surface area contributed by atoms with Crippen molar-refractivity contribution in [3.8, 4) is 11.1 Å². The summed E-state index contributed by atoms with van der Waals surface area (Å²) >= 11 is 0. The molecule has 0 atom stereocenters. The lowest BCUT2D eigenvalue weighted by molar-refractivity contribution is 1.15. The minimum absolute atomic E-state index is 1.10. The summed E-state index contributed by atoms with van der Waals surface area (Å²) in [5, 5.41) is 5.39. The first-order valence-electron chi connectivity index (χ1n) is 24.3. The zero-order valence-corrected chi connectivity index (χ0v) is 39.2. The molecular weight excluding hydrogens is 817 g/mol. The number of hydrogen-bond donors (Lipinski definition) is 0. The number of benzene rings is 7. The molecule has 0 saturated carbocycles. The highest BCUT2D eigenvalue weighted by molar-refractivity contribution is 5.82. The Morgan fingerprint density at radius 3 is 1.19 bits per heavy atom. The van der Waals surface area contributed by atoms with Gasteiger partial charge in [0.05, 0.1) is 0 Å². The molecule has 0 radical (unpaired) electrons. The lowest BCUT2D eigenvalue weighted by Crippen LogP contribution is -2.19. The van der Waals surface area contributed by atoms with Crippen molar-refractivity contribution in [3.05, 3.63) is 316 Å². The number of hydrogen-bond acceptors (Lipinski definition) is 0. The lowest BCUT2D eigenvalue weighted by atomic mass is 10.1. The highest BCUT2D eigenvalue weighted by atomic mass is 14.2. The van der Waals surface area contributed by atoms with Crippen LogP contribution in [-0.4, -0.2) is 0 Å². The summed E-state index contributed by atoms with van der Waals surface area (Å²) in [5.41, 5.74) is 14.7. The fourth-order valence-electron chi connectivity index (χ4n) is 8.92. The van der Waals surface area contributed by atoms with E-state index in [2.05, 4.69) is 243 Å². The van der Waals surface area contributed by atoms with Crippen LogP contribution in [0.4, 0.5) is 0 Å². The molecule has 0 amide bonds. The van der Waals surface area contributed by atoms with Gasteiger partial charge in [0.2, 0.25) is 0 Å². The molecule has 68 heavy (non-hydrogen) atoms. The standard InChI is InChI=1S/C13H10.C10H8.2C9H8.2C8H8.C6H6.C5H6/c1-3-7-12-10(5-1)9-11-6-2-4-8-13(11)12;1-2-6-10-8-4-3-7-9(10)5-1;2*1-2-5-9-7-3-6-8(9)4-1;2*1-3-7-5-2-6-8(7)4-1;1-2-4-6-5-3-1;1-2-4-5-3-1/h1-8H,9H2;1-8H;1-2,4-7H,3H2;1-6H,7H2;1-3,6H,4-5H2;1-3,5H,4,6H2;1-6H;1-4H,5H2. The Bertz CT molecular complexity index is 2930. The van der Waals surface area contributed by atoms with Crippen LogP contribution < -0.4 is 10.4 Å². The van der Waals surface area contributed by atoms with Gasteiger partial charge in [0, 0.05) is 0 Å². The van der Waals surface area contributed by atoms with Crippen LogP contribution in [0.15, 0.2) is 283 Å². The Morgan fingerprint density at radius 2 is 0.721 bits per heavy atom. The Hall–Kier alpha value is -7.80. The van der Waals surface area contributed by atoms with Gasteiger partial charge in [-0.05, 0) is 123 Å². The maximum Gasteiger partial charge on any atom is -0.00135 e. The molecular formula is C68H62. The molecule has 8 aliphatic carbocycles. The van der Waals surface area contributed by atoms with Gasteiger partial charge in [-0.3, -0.25) is 0 Å². The van der Waals surface area contributed by atoms with Gasteiger partial charge in [0.15, 0.2) is 0 Å². The molecule has 0 fully saturated rings. The van der Waals surface area contributed by atoms with Crippen LogP contribution in [-0.2, 0) is 12.8 Å². The molecule has 0 bridgehead atoms. The average Bonchev–Trinajstić information content (AvgIpc) is 4.26. The summed E-state index contributed by atoms with van der Waals surface area (Å²) in [6.07, 6.45) is 44.2. The summed E-state index contributed by atoms with van der Waals surface area (Å²) in [7, 11) is 0. The third-order valence-electron chi connectivity index (χ3n) is 12.5. The van der Waals surface area contributed by atoms with E-state index in [0.717, 1.165) is 25.7 Å². The molecule has 0 aromatic heterocycles. The van der Waals surface area contributed by atoms with E-state index in [4.69, 9.17) is 0 Å². The lowest BCUT2D eigenvalue weighted by Gasteiger charge is -1.98. The van der Waals surface area contributed by atoms with Gasteiger partial charge in [0.1, 0.15) is 0 Å². The molecule has 7 aromatic rings. The molecule has 0 heteroatoms. The zero-order chi connectivity index (χ0) is 46.3. The zero-order valence-electron chi connectivity index (χ0n) is 39.2. The average molecular weight is 879 g/mol. The second-order valence-corrected chi connectivity index (χ2v) is 17.2. The smallest absolute Gasteiger partial charge is 0.00135 e.